The van der Waals surface area contributed by atoms with Gasteiger partial charge in [-0.15, -0.1) is 0 Å². The average molecular weight is 314 g/mol. The molecular formula is C14H22N2O4S. The van der Waals surface area contributed by atoms with Gasteiger partial charge in [0.05, 0.1) is 19.1 Å². The summed E-state index contributed by atoms with van der Waals surface area (Å²) in [6, 6.07) is 4.60. The van der Waals surface area contributed by atoms with Crippen LogP contribution in [0.4, 0.5) is 0 Å². The van der Waals surface area contributed by atoms with E-state index in [1.54, 1.807) is 6.07 Å². The topological polar surface area (TPSA) is 76.7 Å². The molecule has 21 heavy (non-hydrogen) atoms. The van der Waals surface area contributed by atoms with Crippen molar-refractivity contribution in [2.45, 2.75) is 30.2 Å². The van der Waals surface area contributed by atoms with Crippen LogP contribution in [0.1, 0.15) is 19.8 Å². The van der Waals surface area contributed by atoms with Gasteiger partial charge in [-0.2, -0.15) is 0 Å². The molecule has 1 fully saturated rings. The highest BCUT2D eigenvalue weighted by atomic mass is 32.2. The summed E-state index contributed by atoms with van der Waals surface area (Å²) in [6.07, 6.45) is 1.53. The smallest absolute Gasteiger partial charge is 0.241 e. The first-order chi connectivity index (χ1) is 9.90. The van der Waals surface area contributed by atoms with Crippen molar-refractivity contribution in [3.63, 3.8) is 0 Å². The van der Waals surface area contributed by atoms with Crippen LogP contribution < -0.4 is 19.5 Å². The molecule has 6 nitrogen and oxygen atoms in total. The van der Waals surface area contributed by atoms with Crippen molar-refractivity contribution in [1.82, 2.24) is 10.0 Å². The largest absolute Gasteiger partial charge is 0.493 e. The van der Waals surface area contributed by atoms with Crippen LogP contribution in [0.2, 0.25) is 0 Å². The molecule has 1 aromatic carbocycles. The van der Waals surface area contributed by atoms with E-state index in [9.17, 15) is 8.42 Å². The van der Waals surface area contributed by atoms with E-state index in [0.29, 0.717) is 11.5 Å². The van der Waals surface area contributed by atoms with Gasteiger partial charge in [-0.25, -0.2) is 13.1 Å². The molecule has 0 radical (unpaired) electrons. The Balaban J connectivity index is 2.27. The van der Waals surface area contributed by atoms with E-state index in [4.69, 9.17) is 9.47 Å². The molecule has 0 amide bonds. The second-order valence-corrected chi connectivity index (χ2v) is 7.12. The van der Waals surface area contributed by atoms with E-state index in [2.05, 4.69) is 10.0 Å². The number of rotatable bonds is 5. The predicted octanol–water partition coefficient (Wildman–Crippen LogP) is 1.12. The van der Waals surface area contributed by atoms with E-state index < -0.39 is 15.6 Å². The number of nitrogens with one attached hydrogen (secondary N) is 2. The Bertz CT molecular complexity index is 595. The summed E-state index contributed by atoms with van der Waals surface area (Å²) < 4.78 is 38.2. The molecule has 0 unspecified atom stereocenters. The van der Waals surface area contributed by atoms with Crippen molar-refractivity contribution in [3.8, 4) is 11.5 Å². The molecule has 0 spiro atoms. The van der Waals surface area contributed by atoms with Crippen LogP contribution in [0.25, 0.3) is 0 Å². The number of ether oxygens (including phenoxy) is 2. The van der Waals surface area contributed by atoms with Crippen LogP contribution in [0, 0.1) is 0 Å². The summed E-state index contributed by atoms with van der Waals surface area (Å²) in [5.74, 6) is 0.903. The Labute approximate surface area is 125 Å². The average Bonchev–Trinajstić information content (AvgIpc) is 2.46. The number of hydrogen-bond donors (Lipinski definition) is 2. The zero-order chi connectivity index (χ0) is 15.5. The standard InChI is InChI=1S/C14H22N2O4S/c1-14(6-8-15-9-7-14)16-21(17,18)11-4-5-12(19-2)13(10-11)20-3/h4-5,10,15-16H,6-9H2,1-3H3. The Morgan fingerprint density at radius 2 is 1.76 bits per heavy atom. The van der Waals surface area contributed by atoms with Crippen LogP contribution in [0.15, 0.2) is 23.1 Å². The van der Waals surface area contributed by atoms with Crippen molar-refractivity contribution in [2.24, 2.45) is 0 Å². The minimum atomic E-state index is -3.59. The minimum absolute atomic E-state index is 0.180. The molecule has 1 aromatic rings. The fourth-order valence-electron chi connectivity index (χ4n) is 2.45. The third-order valence-corrected chi connectivity index (χ3v) is 5.39. The Kier molecular flexibility index (Phi) is 4.75. The first kappa shape index (κ1) is 16.1. The molecule has 1 saturated heterocycles. The monoisotopic (exact) mass is 314 g/mol. The molecule has 2 N–H and O–H groups in total. The van der Waals surface area contributed by atoms with Crippen LogP contribution in [-0.2, 0) is 10.0 Å². The molecule has 0 bridgehead atoms. The van der Waals surface area contributed by atoms with E-state index in [1.807, 2.05) is 6.92 Å². The second kappa shape index (κ2) is 6.21. The Morgan fingerprint density at radius 1 is 1.14 bits per heavy atom. The van der Waals surface area contributed by atoms with Crippen LogP contribution in [0.5, 0.6) is 11.5 Å². The van der Waals surface area contributed by atoms with Gasteiger partial charge >= 0.3 is 0 Å². The van der Waals surface area contributed by atoms with Gasteiger partial charge in [-0.3, -0.25) is 0 Å². The molecule has 2 rings (SSSR count). The van der Waals surface area contributed by atoms with Gasteiger partial charge in [0, 0.05) is 11.6 Å². The summed E-state index contributed by atoms with van der Waals surface area (Å²) in [5, 5.41) is 3.23. The van der Waals surface area contributed by atoms with Crippen molar-refractivity contribution in [3.05, 3.63) is 18.2 Å². The SMILES string of the molecule is COc1ccc(S(=O)(=O)NC2(C)CCNCC2)cc1OC. The predicted molar refractivity (Wildman–Crippen MR) is 80.4 cm³/mol. The van der Waals surface area contributed by atoms with Gasteiger partial charge in [0.15, 0.2) is 11.5 Å². The van der Waals surface area contributed by atoms with E-state index in [-0.39, 0.29) is 4.90 Å². The van der Waals surface area contributed by atoms with Crippen molar-refractivity contribution in [1.29, 1.82) is 0 Å². The molecule has 1 aliphatic heterocycles. The number of sulfonamides is 1. The zero-order valence-electron chi connectivity index (χ0n) is 12.6. The number of benzene rings is 1. The molecule has 0 saturated carbocycles. The molecular weight excluding hydrogens is 292 g/mol. The highest BCUT2D eigenvalue weighted by molar-refractivity contribution is 7.89. The Hall–Kier alpha value is -1.31. The number of hydrogen-bond acceptors (Lipinski definition) is 5. The second-order valence-electron chi connectivity index (χ2n) is 5.43. The van der Waals surface area contributed by atoms with Crippen molar-refractivity contribution < 1.29 is 17.9 Å². The lowest BCUT2D eigenvalue weighted by atomic mass is 9.92. The van der Waals surface area contributed by atoms with Gasteiger partial charge in [0.1, 0.15) is 0 Å². The molecule has 0 atom stereocenters. The Morgan fingerprint density at radius 3 is 2.33 bits per heavy atom. The molecule has 118 valence electrons. The van der Waals surface area contributed by atoms with Gasteiger partial charge in [-0.1, -0.05) is 0 Å². The molecule has 1 aliphatic rings. The third kappa shape index (κ3) is 3.66. The van der Waals surface area contributed by atoms with Crippen molar-refractivity contribution in [2.75, 3.05) is 27.3 Å². The zero-order valence-corrected chi connectivity index (χ0v) is 13.4. The maximum atomic E-state index is 12.5. The minimum Gasteiger partial charge on any atom is -0.493 e. The molecule has 1 heterocycles. The van der Waals surface area contributed by atoms with Crippen LogP contribution >= 0.6 is 0 Å². The van der Waals surface area contributed by atoms with Crippen molar-refractivity contribution >= 4 is 10.0 Å². The van der Waals surface area contributed by atoms with E-state index >= 15 is 0 Å². The van der Waals surface area contributed by atoms with E-state index in [0.717, 1.165) is 25.9 Å². The van der Waals surface area contributed by atoms with Gasteiger partial charge < -0.3 is 14.8 Å². The van der Waals surface area contributed by atoms with Crippen LogP contribution in [-0.4, -0.2) is 41.3 Å². The summed E-state index contributed by atoms with van der Waals surface area (Å²) in [7, 11) is -0.593. The molecule has 0 aliphatic carbocycles. The highest BCUT2D eigenvalue weighted by Crippen LogP contribution is 2.30. The van der Waals surface area contributed by atoms with Gasteiger partial charge in [-0.05, 0) is 45.0 Å². The first-order valence-corrected chi connectivity index (χ1v) is 8.35. The first-order valence-electron chi connectivity index (χ1n) is 6.87. The number of methoxy groups -OCH3 is 2. The summed E-state index contributed by atoms with van der Waals surface area (Å²) in [4.78, 5) is 0.180. The fourth-order valence-corrected chi connectivity index (χ4v) is 3.93. The van der Waals surface area contributed by atoms with E-state index in [1.165, 1.54) is 26.4 Å². The lowest BCUT2D eigenvalue weighted by Crippen LogP contribution is -2.52. The molecule has 0 aromatic heterocycles. The summed E-state index contributed by atoms with van der Waals surface area (Å²) >= 11 is 0. The quantitative estimate of drug-likeness (QED) is 0.852. The summed E-state index contributed by atoms with van der Waals surface area (Å²) in [6.45, 7) is 3.56. The normalized spacial score (nSPS) is 18.2. The number of piperidine rings is 1. The fraction of sp³-hybridized carbons (Fsp3) is 0.571. The van der Waals surface area contributed by atoms with Crippen LogP contribution in [0.3, 0.4) is 0 Å². The highest BCUT2D eigenvalue weighted by Gasteiger charge is 2.32. The third-order valence-electron chi connectivity index (χ3n) is 3.75. The maximum Gasteiger partial charge on any atom is 0.241 e. The lowest BCUT2D eigenvalue weighted by molar-refractivity contribution is 0.307. The lowest BCUT2D eigenvalue weighted by Gasteiger charge is -2.34. The van der Waals surface area contributed by atoms with Gasteiger partial charge in [0.2, 0.25) is 10.0 Å². The summed E-state index contributed by atoms with van der Waals surface area (Å²) in [5.41, 5.74) is -0.419. The molecule has 7 heteroatoms. The maximum absolute atomic E-state index is 12.5. The van der Waals surface area contributed by atoms with Gasteiger partial charge in [0.25, 0.3) is 0 Å².